The van der Waals surface area contributed by atoms with Crippen LogP contribution in [0.25, 0.3) is 0 Å². The van der Waals surface area contributed by atoms with E-state index in [-0.39, 0.29) is 5.91 Å². The van der Waals surface area contributed by atoms with Gasteiger partial charge in [-0.05, 0) is 6.07 Å². The van der Waals surface area contributed by atoms with Gasteiger partial charge in [0.25, 0.3) is 5.91 Å². The van der Waals surface area contributed by atoms with E-state index >= 15 is 0 Å². The highest BCUT2D eigenvalue weighted by atomic mass is 32.1. The molecule has 102 valence electrons. The first-order chi connectivity index (χ1) is 9.70. The number of rotatable bonds is 3. The fraction of sp³-hybridized carbons (Fsp3) is 0.214. The van der Waals surface area contributed by atoms with Gasteiger partial charge in [0.05, 0.1) is 19.3 Å². The summed E-state index contributed by atoms with van der Waals surface area (Å²) in [6.45, 7) is 0.862. The molecule has 0 saturated heterocycles. The molecule has 1 amide bonds. The molecule has 0 bridgehead atoms. The van der Waals surface area contributed by atoms with E-state index in [0.29, 0.717) is 18.8 Å². The number of hydrogen-bond donors (Lipinski definition) is 1. The third kappa shape index (κ3) is 3.63. The topological polar surface area (TPSA) is 72.1 Å². The second kappa shape index (κ2) is 6.80. The minimum Gasteiger partial charge on any atom is -0.335 e. The maximum absolute atomic E-state index is 12.1. The van der Waals surface area contributed by atoms with Crippen molar-refractivity contribution in [2.45, 2.75) is 6.54 Å². The van der Waals surface area contributed by atoms with Crippen LogP contribution in [0.15, 0.2) is 30.0 Å². The fourth-order valence-electron chi connectivity index (χ4n) is 1.59. The average molecular weight is 286 g/mol. The van der Waals surface area contributed by atoms with Crippen molar-refractivity contribution in [2.75, 3.05) is 13.6 Å². The summed E-state index contributed by atoms with van der Waals surface area (Å²) in [5.41, 5.74) is 6.60. The molecular formula is C14H14N4OS. The molecule has 0 aliphatic heterocycles. The normalized spacial score (nSPS) is 9.70. The number of amides is 1. The van der Waals surface area contributed by atoms with E-state index in [0.717, 1.165) is 10.4 Å². The highest BCUT2D eigenvalue weighted by molar-refractivity contribution is 7.10. The van der Waals surface area contributed by atoms with Gasteiger partial charge in [0.2, 0.25) is 0 Å². The molecule has 0 unspecified atom stereocenters. The summed E-state index contributed by atoms with van der Waals surface area (Å²) in [5, 5.41) is 1.96. The Morgan fingerprint density at radius 3 is 3.05 bits per heavy atom. The zero-order valence-electron chi connectivity index (χ0n) is 11.0. The van der Waals surface area contributed by atoms with Crippen LogP contribution >= 0.6 is 11.3 Å². The Morgan fingerprint density at radius 1 is 1.50 bits per heavy atom. The fourth-order valence-corrected chi connectivity index (χ4v) is 2.46. The molecule has 2 rings (SSSR count). The highest BCUT2D eigenvalue weighted by Gasteiger charge is 2.14. The Bertz CT molecular complexity index is 642. The summed E-state index contributed by atoms with van der Waals surface area (Å²) >= 11 is 1.57. The molecular weight excluding hydrogens is 272 g/mol. The third-order valence-electron chi connectivity index (χ3n) is 2.51. The van der Waals surface area contributed by atoms with E-state index < -0.39 is 0 Å². The second-order valence-corrected chi connectivity index (χ2v) is 5.06. The van der Waals surface area contributed by atoms with Gasteiger partial charge in [-0.3, -0.25) is 9.78 Å². The van der Waals surface area contributed by atoms with Crippen molar-refractivity contribution in [3.63, 3.8) is 0 Å². The van der Waals surface area contributed by atoms with Gasteiger partial charge in [0.1, 0.15) is 5.69 Å². The zero-order valence-corrected chi connectivity index (χ0v) is 11.9. The summed E-state index contributed by atoms with van der Waals surface area (Å²) in [5.74, 6) is 5.62. The van der Waals surface area contributed by atoms with Crippen molar-refractivity contribution in [1.82, 2.24) is 14.9 Å². The minimum atomic E-state index is -0.152. The van der Waals surface area contributed by atoms with E-state index in [1.54, 1.807) is 29.5 Å². The number of nitrogens with zero attached hydrogens (tertiary/aromatic N) is 3. The van der Waals surface area contributed by atoms with E-state index in [9.17, 15) is 4.79 Å². The van der Waals surface area contributed by atoms with Crippen LogP contribution in [0.2, 0.25) is 0 Å². The van der Waals surface area contributed by atoms with Crippen molar-refractivity contribution in [3.8, 4) is 11.8 Å². The molecule has 0 atom stereocenters. The largest absolute Gasteiger partial charge is 0.335 e. The summed E-state index contributed by atoms with van der Waals surface area (Å²) in [4.78, 5) is 22.7. The molecule has 6 heteroatoms. The number of nitrogens with two attached hydrogens (primary N) is 1. The van der Waals surface area contributed by atoms with Gasteiger partial charge in [0, 0.05) is 35.3 Å². The molecule has 0 radical (unpaired) electrons. The molecule has 0 aliphatic carbocycles. The molecule has 2 aromatic heterocycles. The Balaban J connectivity index is 2.02. The summed E-state index contributed by atoms with van der Waals surface area (Å²) < 4.78 is 0. The first kappa shape index (κ1) is 14.2. The Morgan fingerprint density at radius 2 is 2.35 bits per heavy atom. The SMILES string of the molecule is CN(Cc1cc(C#CCN)cs1)C(=O)c1cnccn1. The minimum absolute atomic E-state index is 0.152. The van der Waals surface area contributed by atoms with Crippen LogP contribution in [0.1, 0.15) is 20.9 Å². The average Bonchev–Trinajstić information content (AvgIpc) is 2.92. The highest BCUT2D eigenvalue weighted by Crippen LogP contribution is 2.16. The van der Waals surface area contributed by atoms with Crippen LogP contribution < -0.4 is 5.73 Å². The molecule has 0 saturated carbocycles. The zero-order chi connectivity index (χ0) is 14.4. The smallest absolute Gasteiger partial charge is 0.274 e. The second-order valence-electron chi connectivity index (χ2n) is 4.06. The molecule has 2 N–H and O–H groups in total. The van der Waals surface area contributed by atoms with Crippen LogP contribution in [0.4, 0.5) is 0 Å². The van der Waals surface area contributed by atoms with E-state index in [4.69, 9.17) is 5.73 Å². The maximum Gasteiger partial charge on any atom is 0.274 e. The van der Waals surface area contributed by atoms with Gasteiger partial charge in [0.15, 0.2) is 0 Å². The summed E-state index contributed by atoms with van der Waals surface area (Å²) in [6.07, 6.45) is 4.51. The number of aromatic nitrogens is 2. The van der Waals surface area contributed by atoms with Gasteiger partial charge < -0.3 is 10.6 Å². The molecule has 2 heterocycles. The number of thiophene rings is 1. The predicted octanol–water partition coefficient (Wildman–Crippen LogP) is 1.12. The lowest BCUT2D eigenvalue weighted by Crippen LogP contribution is -2.26. The Labute approximate surface area is 121 Å². The summed E-state index contributed by atoms with van der Waals surface area (Å²) in [6, 6.07) is 1.97. The van der Waals surface area contributed by atoms with Gasteiger partial charge in [-0.25, -0.2) is 4.98 Å². The van der Waals surface area contributed by atoms with E-state index in [1.807, 2.05) is 11.4 Å². The molecule has 20 heavy (non-hydrogen) atoms. The molecule has 2 aromatic rings. The molecule has 0 aliphatic rings. The van der Waals surface area contributed by atoms with Crippen LogP contribution in [-0.2, 0) is 6.54 Å². The molecule has 0 spiro atoms. The number of carbonyl (C=O) groups is 1. The quantitative estimate of drug-likeness (QED) is 0.858. The lowest BCUT2D eigenvalue weighted by Gasteiger charge is -2.15. The van der Waals surface area contributed by atoms with E-state index in [1.165, 1.54) is 12.4 Å². The molecule has 0 fully saturated rings. The van der Waals surface area contributed by atoms with E-state index in [2.05, 4.69) is 21.8 Å². The van der Waals surface area contributed by atoms with Crippen molar-refractivity contribution in [1.29, 1.82) is 0 Å². The number of hydrogen-bond acceptors (Lipinski definition) is 5. The van der Waals surface area contributed by atoms with Crippen molar-refractivity contribution in [2.24, 2.45) is 5.73 Å². The summed E-state index contributed by atoms with van der Waals surface area (Å²) in [7, 11) is 1.74. The molecule has 0 aromatic carbocycles. The predicted molar refractivity (Wildman–Crippen MR) is 78.1 cm³/mol. The van der Waals surface area contributed by atoms with Gasteiger partial charge >= 0.3 is 0 Å². The van der Waals surface area contributed by atoms with Gasteiger partial charge in [-0.2, -0.15) is 0 Å². The monoisotopic (exact) mass is 286 g/mol. The van der Waals surface area contributed by atoms with Crippen LogP contribution in [-0.4, -0.2) is 34.4 Å². The molecule has 5 nitrogen and oxygen atoms in total. The standard InChI is InChI=1S/C14H14N4OS/c1-18(14(19)13-8-16-5-6-17-13)9-12-7-11(10-20-12)3-2-4-15/h5-8,10H,4,9,15H2,1H3. The van der Waals surface area contributed by atoms with Crippen molar-refractivity contribution < 1.29 is 4.79 Å². The number of carbonyl (C=O) groups excluding carboxylic acids is 1. The van der Waals surface area contributed by atoms with Crippen molar-refractivity contribution >= 4 is 17.2 Å². The van der Waals surface area contributed by atoms with Crippen LogP contribution in [0.3, 0.4) is 0 Å². The lowest BCUT2D eigenvalue weighted by molar-refractivity contribution is 0.0780. The first-order valence-electron chi connectivity index (χ1n) is 5.98. The van der Waals surface area contributed by atoms with Gasteiger partial charge in [-0.15, -0.1) is 11.3 Å². The maximum atomic E-state index is 12.1. The third-order valence-corrected chi connectivity index (χ3v) is 3.43. The lowest BCUT2D eigenvalue weighted by atomic mass is 10.3. The van der Waals surface area contributed by atoms with Gasteiger partial charge in [-0.1, -0.05) is 11.8 Å². The first-order valence-corrected chi connectivity index (χ1v) is 6.86. The van der Waals surface area contributed by atoms with Crippen LogP contribution in [0.5, 0.6) is 0 Å². The van der Waals surface area contributed by atoms with Crippen LogP contribution in [0, 0.1) is 11.8 Å². The Kier molecular flexibility index (Phi) is 4.82. The Hall–Kier alpha value is -2.23. The van der Waals surface area contributed by atoms with Crippen molar-refractivity contribution in [3.05, 3.63) is 46.2 Å².